The number of hydrogen-bond acceptors (Lipinski definition) is 3. The summed E-state index contributed by atoms with van der Waals surface area (Å²) >= 11 is 5.62. The smallest absolute Gasteiger partial charge is 0.219 e. The van der Waals surface area contributed by atoms with Crippen molar-refractivity contribution in [2.45, 2.75) is 0 Å². The molecule has 0 saturated carbocycles. The summed E-state index contributed by atoms with van der Waals surface area (Å²) in [4.78, 5) is 4.00. The van der Waals surface area contributed by atoms with Gasteiger partial charge in [0.25, 0.3) is 0 Å². The third-order valence-corrected chi connectivity index (χ3v) is 1.72. The topological polar surface area (TPSA) is 52.0 Å². The molecule has 0 fully saturated rings. The molecule has 0 unspecified atom stereocenters. The first-order valence-corrected chi connectivity index (χ1v) is 3.45. The van der Waals surface area contributed by atoms with E-state index < -0.39 is 0 Å². The van der Waals surface area contributed by atoms with E-state index in [1.54, 1.807) is 18.3 Å². The molecule has 0 atom stereocenters. The molecular weight excluding hydrogens is 164 g/mol. The summed E-state index contributed by atoms with van der Waals surface area (Å²) in [6, 6.07) is 3.53. The van der Waals surface area contributed by atoms with E-state index in [0.29, 0.717) is 16.8 Å². The molecule has 2 heterocycles. The van der Waals surface area contributed by atoms with Crippen LogP contribution in [0.2, 0.25) is 5.22 Å². The fraction of sp³-hybridized carbons (Fsp3) is 0. The number of anilines is 1. The third kappa shape index (κ3) is 0.851. The van der Waals surface area contributed by atoms with Crippen LogP contribution in [0.1, 0.15) is 0 Å². The Labute approximate surface area is 67.8 Å². The summed E-state index contributed by atoms with van der Waals surface area (Å²) in [6.45, 7) is 0. The van der Waals surface area contributed by atoms with Gasteiger partial charge in [0.1, 0.15) is 11.2 Å². The maximum absolute atomic E-state index is 5.62. The zero-order valence-corrected chi connectivity index (χ0v) is 6.30. The molecule has 2 N–H and O–H groups in total. The monoisotopic (exact) mass is 168 g/mol. The predicted molar refractivity (Wildman–Crippen MR) is 43.4 cm³/mol. The largest absolute Gasteiger partial charge is 0.441 e. The Kier molecular flexibility index (Phi) is 1.26. The highest BCUT2D eigenvalue weighted by molar-refractivity contribution is 6.32. The van der Waals surface area contributed by atoms with Gasteiger partial charge in [0.05, 0.1) is 0 Å². The van der Waals surface area contributed by atoms with Gasteiger partial charge >= 0.3 is 0 Å². The van der Waals surface area contributed by atoms with Crippen molar-refractivity contribution in [1.29, 1.82) is 0 Å². The minimum absolute atomic E-state index is 0.207. The quantitative estimate of drug-likeness (QED) is 0.655. The highest BCUT2D eigenvalue weighted by Crippen LogP contribution is 2.29. The molecule has 56 valence electrons. The number of fused-ring (bicyclic) bond motifs is 1. The molecule has 4 heteroatoms. The van der Waals surface area contributed by atoms with E-state index in [1.165, 1.54) is 0 Å². The van der Waals surface area contributed by atoms with Crippen LogP contribution in [0.5, 0.6) is 0 Å². The van der Waals surface area contributed by atoms with Crippen molar-refractivity contribution in [3.8, 4) is 0 Å². The second-order valence-corrected chi connectivity index (χ2v) is 2.48. The Morgan fingerprint density at radius 3 is 3.09 bits per heavy atom. The SMILES string of the molecule is Nc1c(Cl)oc2cccnc12. The second kappa shape index (κ2) is 2.13. The number of nitrogens with zero attached hydrogens (tertiary/aromatic N) is 1. The van der Waals surface area contributed by atoms with Crippen molar-refractivity contribution in [2.24, 2.45) is 0 Å². The molecule has 0 aromatic carbocycles. The first-order valence-electron chi connectivity index (χ1n) is 3.07. The van der Waals surface area contributed by atoms with Gasteiger partial charge < -0.3 is 10.2 Å². The Morgan fingerprint density at radius 2 is 2.36 bits per heavy atom. The summed E-state index contributed by atoms with van der Waals surface area (Å²) in [5, 5.41) is 0.207. The number of aromatic nitrogens is 1. The molecule has 2 rings (SSSR count). The van der Waals surface area contributed by atoms with Crippen molar-refractivity contribution in [2.75, 3.05) is 5.73 Å². The van der Waals surface area contributed by atoms with Gasteiger partial charge in [0.15, 0.2) is 5.58 Å². The number of halogens is 1. The summed E-state index contributed by atoms with van der Waals surface area (Å²) < 4.78 is 5.08. The summed E-state index contributed by atoms with van der Waals surface area (Å²) in [5.41, 5.74) is 7.20. The lowest BCUT2D eigenvalue weighted by molar-refractivity contribution is 0.619. The van der Waals surface area contributed by atoms with Gasteiger partial charge in [-0.05, 0) is 23.7 Å². The number of hydrogen-bond donors (Lipinski definition) is 1. The number of nitrogens with two attached hydrogens (primary N) is 1. The average molecular weight is 169 g/mol. The van der Waals surface area contributed by atoms with Gasteiger partial charge in [0, 0.05) is 6.20 Å². The van der Waals surface area contributed by atoms with Crippen LogP contribution in [0.4, 0.5) is 5.69 Å². The van der Waals surface area contributed by atoms with Crippen LogP contribution in [0.15, 0.2) is 22.7 Å². The Hall–Kier alpha value is -1.22. The maximum atomic E-state index is 5.62. The van der Waals surface area contributed by atoms with Gasteiger partial charge in [-0.1, -0.05) is 0 Å². The molecule has 0 aliphatic rings. The van der Waals surface area contributed by atoms with Crippen molar-refractivity contribution >= 4 is 28.4 Å². The third-order valence-electron chi connectivity index (χ3n) is 1.44. The highest BCUT2D eigenvalue weighted by atomic mass is 35.5. The van der Waals surface area contributed by atoms with E-state index in [4.69, 9.17) is 21.8 Å². The molecule has 3 nitrogen and oxygen atoms in total. The van der Waals surface area contributed by atoms with E-state index in [0.717, 1.165) is 0 Å². The van der Waals surface area contributed by atoms with E-state index in [-0.39, 0.29) is 5.22 Å². The van der Waals surface area contributed by atoms with Gasteiger partial charge in [-0.3, -0.25) is 4.98 Å². The lowest BCUT2D eigenvalue weighted by Crippen LogP contribution is -1.83. The number of pyridine rings is 1. The van der Waals surface area contributed by atoms with Crippen molar-refractivity contribution in [1.82, 2.24) is 4.98 Å². The lowest BCUT2D eigenvalue weighted by atomic mass is 10.4. The Morgan fingerprint density at radius 1 is 1.55 bits per heavy atom. The molecule has 0 amide bonds. The standard InChI is InChI=1S/C7H5ClN2O/c8-7-5(9)6-4(11-7)2-1-3-10-6/h1-3H,9H2. The fourth-order valence-corrected chi connectivity index (χ4v) is 1.09. The molecule has 0 saturated heterocycles. The minimum atomic E-state index is 0.207. The van der Waals surface area contributed by atoms with E-state index >= 15 is 0 Å². The lowest BCUT2D eigenvalue weighted by Gasteiger charge is -1.84. The van der Waals surface area contributed by atoms with E-state index in [2.05, 4.69) is 4.98 Å². The van der Waals surface area contributed by atoms with Gasteiger partial charge in [-0.25, -0.2) is 0 Å². The summed E-state index contributed by atoms with van der Waals surface area (Å²) in [5.74, 6) is 0. The first-order chi connectivity index (χ1) is 5.29. The van der Waals surface area contributed by atoms with Crippen LogP contribution < -0.4 is 5.73 Å². The molecule has 0 bridgehead atoms. The normalized spacial score (nSPS) is 10.6. The van der Waals surface area contributed by atoms with Crippen molar-refractivity contribution in [3.63, 3.8) is 0 Å². The summed E-state index contributed by atoms with van der Waals surface area (Å²) in [6.07, 6.45) is 1.64. The van der Waals surface area contributed by atoms with Crippen LogP contribution in [-0.2, 0) is 0 Å². The second-order valence-electron chi connectivity index (χ2n) is 2.14. The molecule has 0 spiro atoms. The van der Waals surface area contributed by atoms with Crippen molar-refractivity contribution in [3.05, 3.63) is 23.5 Å². The van der Waals surface area contributed by atoms with Gasteiger partial charge in [-0.15, -0.1) is 0 Å². The van der Waals surface area contributed by atoms with Gasteiger partial charge in [0.2, 0.25) is 5.22 Å². The van der Waals surface area contributed by atoms with Crippen LogP contribution in [-0.4, -0.2) is 4.98 Å². The Balaban J connectivity index is 2.92. The van der Waals surface area contributed by atoms with Crippen LogP contribution in [0.3, 0.4) is 0 Å². The molecule has 0 aliphatic heterocycles. The minimum Gasteiger partial charge on any atom is -0.441 e. The van der Waals surface area contributed by atoms with Crippen molar-refractivity contribution < 1.29 is 4.42 Å². The molecule has 0 radical (unpaired) electrons. The zero-order chi connectivity index (χ0) is 7.84. The maximum Gasteiger partial charge on any atom is 0.219 e. The molecule has 0 aliphatic carbocycles. The highest BCUT2D eigenvalue weighted by Gasteiger charge is 2.08. The molecule has 2 aromatic rings. The van der Waals surface area contributed by atoms with Crippen LogP contribution in [0.25, 0.3) is 11.1 Å². The Bertz CT molecular complexity index is 396. The summed E-state index contributed by atoms with van der Waals surface area (Å²) in [7, 11) is 0. The molecular formula is C7H5ClN2O. The van der Waals surface area contributed by atoms with E-state index in [1.807, 2.05) is 0 Å². The van der Waals surface area contributed by atoms with Gasteiger partial charge in [-0.2, -0.15) is 0 Å². The number of nitrogen functional groups attached to an aromatic ring is 1. The zero-order valence-electron chi connectivity index (χ0n) is 5.54. The van der Waals surface area contributed by atoms with E-state index in [9.17, 15) is 0 Å². The predicted octanol–water partition coefficient (Wildman–Crippen LogP) is 2.06. The fourth-order valence-electron chi connectivity index (χ4n) is 0.920. The average Bonchev–Trinajstić information content (AvgIpc) is 2.30. The van der Waals surface area contributed by atoms with Crippen LogP contribution in [0, 0.1) is 0 Å². The number of furan rings is 1. The molecule has 2 aromatic heterocycles. The van der Waals surface area contributed by atoms with Crippen LogP contribution >= 0.6 is 11.6 Å². The first kappa shape index (κ1) is 6.49. The molecule has 11 heavy (non-hydrogen) atoms. The number of rotatable bonds is 0.